The molecule has 1 aromatic heterocycles. The number of carbonyl (C=O) groups excluding carboxylic acids is 2. The summed E-state index contributed by atoms with van der Waals surface area (Å²) in [6.07, 6.45) is -1.40. The largest absolute Gasteiger partial charge is 0.481 e. The zero-order chi connectivity index (χ0) is 28.9. The molecule has 0 saturated heterocycles. The number of benzene rings is 2. The van der Waals surface area contributed by atoms with E-state index in [4.69, 9.17) is 21.1 Å². The van der Waals surface area contributed by atoms with E-state index in [1.54, 1.807) is 12.1 Å². The van der Waals surface area contributed by atoms with Crippen molar-refractivity contribution in [1.82, 2.24) is 10.3 Å². The van der Waals surface area contributed by atoms with Crippen LogP contribution in [-0.4, -0.2) is 34.4 Å². The van der Waals surface area contributed by atoms with Crippen LogP contribution in [0.5, 0.6) is 0 Å². The van der Waals surface area contributed by atoms with Crippen LogP contribution in [0.2, 0.25) is 5.02 Å². The van der Waals surface area contributed by atoms with Gasteiger partial charge in [0.25, 0.3) is 5.91 Å². The van der Waals surface area contributed by atoms with Crippen LogP contribution in [0.4, 0.5) is 18.9 Å². The van der Waals surface area contributed by atoms with Gasteiger partial charge in [0.1, 0.15) is 0 Å². The van der Waals surface area contributed by atoms with E-state index in [0.29, 0.717) is 11.6 Å². The number of rotatable bonds is 9. The fourth-order valence-electron chi connectivity index (χ4n) is 4.79. The van der Waals surface area contributed by atoms with E-state index in [9.17, 15) is 27.6 Å². The minimum atomic E-state index is -4.96. The van der Waals surface area contributed by atoms with Gasteiger partial charge < -0.3 is 20.2 Å². The Labute approximate surface area is 232 Å². The molecule has 0 unspecified atom stereocenters. The van der Waals surface area contributed by atoms with Crippen molar-refractivity contribution in [3.05, 3.63) is 70.6 Å². The third-order valence-corrected chi connectivity index (χ3v) is 7.02. The number of hydrogen-bond donors (Lipinski definition) is 3. The van der Waals surface area contributed by atoms with Gasteiger partial charge in [-0.1, -0.05) is 29.8 Å². The fourth-order valence-corrected chi connectivity index (χ4v) is 4.98. The molecule has 3 aromatic rings. The van der Waals surface area contributed by atoms with Gasteiger partial charge in [-0.2, -0.15) is 13.2 Å². The number of carboxylic acids is 1. The summed E-state index contributed by atoms with van der Waals surface area (Å²) in [4.78, 5) is 39.5. The molecular weight excluding hydrogens is 551 g/mol. The second-order valence-electron chi connectivity index (χ2n) is 9.70. The maximum atomic E-state index is 13.5. The number of amides is 2. The smallest absolute Gasteiger partial charge is 0.452 e. The third kappa shape index (κ3) is 7.62. The van der Waals surface area contributed by atoms with Crippen molar-refractivity contribution in [2.75, 3.05) is 11.9 Å². The lowest BCUT2D eigenvalue weighted by Crippen LogP contribution is -2.29. The Morgan fingerprint density at radius 1 is 1.05 bits per heavy atom. The number of nitrogens with one attached hydrogen (secondary N) is 2. The van der Waals surface area contributed by atoms with Crippen molar-refractivity contribution in [2.45, 2.75) is 50.6 Å². The van der Waals surface area contributed by atoms with Gasteiger partial charge in [-0.15, -0.1) is 0 Å². The molecule has 2 aromatic carbocycles. The molecule has 12 heteroatoms. The Kier molecular flexibility index (Phi) is 9.14. The van der Waals surface area contributed by atoms with Crippen molar-refractivity contribution in [1.29, 1.82) is 0 Å². The van der Waals surface area contributed by atoms with Gasteiger partial charge in [0.05, 0.1) is 0 Å². The number of halogens is 4. The highest BCUT2D eigenvalue weighted by molar-refractivity contribution is 6.30. The van der Waals surface area contributed by atoms with E-state index < -0.39 is 41.3 Å². The predicted molar refractivity (Wildman–Crippen MR) is 141 cm³/mol. The van der Waals surface area contributed by atoms with E-state index in [1.807, 2.05) is 12.1 Å². The third-order valence-electron chi connectivity index (χ3n) is 6.78. The van der Waals surface area contributed by atoms with E-state index in [2.05, 4.69) is 15.6 Å². The first-order valence-corrected chi connectivity index (χ1v) is 13.1. The van der Waals surface area contributed by atoms with E-state index in [-0.39, 0.29) is 35.9 Å². The Hall–Kier alpha value is -3.86. The second kappa shape index (κ2) is 12.5. The zero-order valence-corrected chi connectivity index (χ0v) is 22.0. The van der Waals surface area contributed by atoms with Gasteiger partial charge in [-0.3, -0.25) is 14.4 Å². The summed E-state index contributed by atoms with van der Waals surface area (Å²) in [5.41, 5.74) is 0.898. The SMILES string of the molecule is O=C(O)CC1CCC(c2ccc(NC(=O)CCNC(=O)c3nc(-c4cccc(Cl)c4)oc3C(F)(F)F)cc2)CC1. The number of oxazole rings is 1. The summed E-state index contributed by atoms with van der Waals surface area (Å²) in [7, 11) is 0. The fraction of sp³-hybridized carbons (Fsp3) is 0.357. The first-order chi connectivity index (χ1) is 19.0. The summed E-state index contributed by atoms with van der Waals surface area (Å²) in [5, 5.41) is 14.2. The lowest BCUT2D eigenvalue weighted by atomic mass is 9.77. The van der Waals surface area contributed by atoms with Crippen LogP contribution in [0.25, 0.3) is 11.5 Å². The number of alkyl halides is 3. The number of hydrogen-bond acceptors (Lipinski definition) is 5. The van der Waals surface area contributed by atoms with Crippen LogP contribution < -0.4 is 10.6 Å². The van der Waals surface area contributed by atoms with Gasteiger partial charge in [-0.25, -0.2) is 4.98 Å². The molecule has 3 N–H and O–H groups in total. The predicted octanol–water partition coefficient (Wildman–Crippen LogP) is 6.52. The molecular formula is C28H27ClF3N3O5. The summed E-state index contributed by atoms with van der Waals surface area (Å²) in [6.45, 7) is -0.223. The van der Waals surface area contributed by atoms with Gasteiger partial charge >= 0.3 is 12.1 Å². The highest BCUT2D eigenvalue weighted by Gasteiger charge is 2.42. The molecule has 40 heavy (non-hydrogen) atoms. The van der Waals surface area contributed by atoms with Crippen molar-refractivity contribution in [3.8, 4) is 11.5 Å². The Morgan fingerprint density at radius 3 is 2.38 bits per heavy atom. The molecule has 212 valence electrons. The number of anilines is 1. The lowest BCUT2D eigenvalue weighted by molar-refractivity contribution is -0.153. The van der Waals surface area contributed by atoms with Crippen molar-refractivity contribution >= 4 is 35.1 Å². The van der Waals surface area contributed by atoms with Crippen LogP contribution in [-0.2, 0) is 15.8 Å². The highest BCUT2D eigenvalue weighted by Crippen LogP contribution is 2.38. The maximum Gasteiger partial charge on any atom is 0.452 e. The van der Waals surface area contributed by atoms with Crippen molar-refractivity contribution in [2.24, 2.45) is 5.92 Å². The van der Waals surface area contributed by atoms with Gasteiger partial charge in [0.15, 0.2) is 5.69 Å². The minimum absolute atomic E-state index is 0.174. The molecule has 8 nitrogen and oxygen atoms in total. The van der Waals surface area contributed by atoms with Crippen molar-refractivity contribution < 1.29 is 37.1 Å². The molecule has 1 aliphatic carbocycles. The summed E-state index contributed by atoms with van der Waals surface area (Å²) >= 11 is 5.89. The molecule has 0 aliphatic heterocycles. The molecule has 1 heterocycles. The number of aliphatic carboxylic acids is 1. The van der Waals surface area contributed by atoms with E-state index in [1.165, 1.54) is 24.3 Å². The molecule has 2 amide bonds. The van der Waals surface area contributed by atoms with Crippen LogP contribution in [0.1, 0.15) is 66.3 Å². The Bertz CT molecular complexity index is 1370. The van der Waals surface area contributed by atoms with Crippen molar-refractivity contribution in [3.63, 3.8) is 0 Å². The average Bonchev–Trinajstić information content (AvgIpc) is 3.36. The highest BCUT2D eigenvalue weighted by atomic mass is 35.5. The lowest BCUT2D eigenvalue weighted by Gasteiger charge is -2.28. The number of carboxylic acid groups (broad SMARTS) is 1. The first-order valence-electron chi connectivity index (χ1n) is 12.7. The van der Waals surface area contributed by atoms with E-state index >= 15 is 0 Å². The quantitative estimate of drug-likeness (QED) is 0.266. The van der Waals surface area contributed by atoms with Gasteiger partial charge in [0, 0.05) is 35.7 Å². The van der Waals surface area contributed by atoms with Crippen LogP contribution in [0.3, 0.4) is 0 Å². The zero-order valence-electron chi connectivity index (χ0n) is 21.3. The Balaban J connectivity index is 1.29. The molecule has 1 fully saturated rings. The topological polar surface area (TPSA) is 122 Å². The van der Waals surface area contributed by atoms with Crippen LogP contribution >= 0.6 is 11.6 Å². The van der Waals surface area contributed by atoms with E-state index in [0.717, 1.165) is 31.2 Å². The summed E-state index contributed by atoms with van der Waals surface area (Å²) in [6, 6.07) is 13.2. The van der Waals surface area contributed by atoms with Crippen LogP contribution in [0.15, 0.2) is 52.9 Å². The normalized spacial score (nSPS) is 17.3. The molecule has 0 atom stereocenters. The molecule has 0 radical (unpaired) electrons. The molecule has 1 aliphatic rings. The molecule has 4 rings (SSSR count). The minimum Gasteiger partial charge on any atom is -0.481 e. The van der Waals surface area contributed by atoms with Gasteiger partial charge in [0.2, 0.25) is 17.6 Å². The average molecular weight is 578 g/mol. The molecule has 0 bridgehead atoms. The number of carbonyl (C=O) groups is 3. The summed E-state index contributed by atoms with van der Waals surface area (Å²) in [5.74, 6) is -3.73. The monoisotopic (exact) mass is 577 g/mol. The Morgan fingerprint density at radius 2 is 1.75 bits per heavy atom. The number of nitrogens with zero attached hydrogens (tertiary/aromatic N) is 1. The molecule has 0 spiro atoms. The van der Waals surface area contributed by atoms with Crippen LogP contribution in [0, 0.1) is 5.92 Å². The number of aromatic nitrogens is 1. The molecule has 1 saturated carbocycles. The standard InChI is InChI=1S/C28H27ClF3N3O5/c29-20-3-1-2-19(15-20)27-35-24(25(40-27)28(30,31)32)26(39)33-13-12-22(36)34-21-10-8-18(9-11-21)17-6-4-16(5-7-17)14-23(37)38/h1-3,8-11,15-17H,4-7,12-14H2,(H,33,39)(H,34,36)(H,37,38). The maximum absolute atomic E-state index is 13.5. The second-order valence-corrected chi connectivity index (χ2v) is 10.1. The van der Waals surface area contributed by atoms with Gasteiger partial charge in [-0.05, 0) is 73.4 Å². The first kappa shape index (κ1) is 29.1. The summed E-state index contributed by atoms with van der Waals surface area (Å²) < 4.78 is 45.3.